The van der Waals surface area contributed by atoms with Crippen LogP contribution in [0.4, 0.5) is 0 Å². The summed E-state index contributed by atoms with van der Waals surface area (Å²) in [7, 11) is 0. The van der Waals surface area contributed by atoms with Crippen molar-refractivity contribution in [1.29, 1.82) is 0 Å². The van der Waals surface area contributed by atoms with E-state index in [0.717, 1.165) is 17.7 Å². The SMILES string of the molecule is CC.CC.O=C(O)CN(CCN(CC(=O)O)C1CCCCC1N(CC(=O)O)CC(=O)O)CC(=O)O. The molecule has 13 heteroatoms. The Balaban J connectivity index is 0. The van der Waals surface area contributed by atoms with Gasteiger partial charge in [-0.25, -0.2) is 0 Å². The van der Waals surface area contributed by atoms with Crippen LogP contribution in [-0.2, 0) is 24.0 Å². The average Bonchev–Trinajstić information content (AvgIpc) is 2.77. The zero-order valence-corrected chi connectivity index (χ0v) is 21.1. The number of rotatable bonds is 15. The van der Waals surface area contributed by atoms with Gasteiger partial charge in [-0.05, 0) is 12.8 Å². The Morgan fingerprint density at radius 3 is 1.20 bits per heavy atom. The largest absolute Gasteiger partial charge is 0.480 e. The summed E-state index contributed by atoms with van der Waals surface area (Å²) in [5.74, 6) is -6.02. The van der Waals surface area contributed by atoms with E-state index >= 15 is 0 Å². The minimum absolute atomic E-state index is 0.0298. The quantitative estimate of drug-likeness (QED) is 0.208. The number of carboxylic acid groups (broad SMARTS) is 5. The molecule has 0 spiro atoms. The molecule has 0 aromatic heterocycles. The highest BCUT2D eigenvalue weighted by Gasteiger charge is 2.36. The van der Waals surface area contributed by atoms with Crippen LogP contribution in [0.25, 0.3) is 0 Å². The molecule has 0 radical (unpaired) electrons. The molecular weight excluding hydrogens is 466 g/mol. The van der Waals surface area contributed by atoms with Gasteiger partial charge in [0, 0.05) is 25.2 Å². The number of hydrogen-bond acceptors (Lipinski definition) is 8. The standard InChI is InChI=1S/C18H29N3O10.2C2H6/c22-14(23)7-19(8-15(24)25)5-6-20(9-16(26)27)12-3-1-2-4-13(12)21(10-17(28)29)11-18(30)31;2*1-2/h12-13H,1-11H2,(H,22,23)(H,24,25)(H,26,27)(H,28,29)(H,30,31);2*1-2H3. The summed E-state index contributed by atoms with van der Waals surface area (Å²) in [6.07, 6.45) is 2.45. The summed E-state index contributed by atoms with van der Waals surface area (Å²) in [6, 6.07) is -0.993. The molecule has 0 aromatic rings. The highest BCUT2D eigenvalue weighted by molar-refractivity contribution is 5.73. The maximum absolute atomic E-state index is 11.4. The Labute approximate surface area is 205 Å². The summed E-state index contributed by atoms with van der Waals surface area (Å²) in [6.45, 7) is 5.46. The van der Waals surface area contributed by atoms with E-state index in [1.807, 2.05) is 27.7 Å². The molecule has 1 fully saturated rings. The van der Waals surface area contributed by atoms with Crippen LogP contribution in [0.2, 0.25) is 0 Å². The van der Waals surface area contributed by atoms with Crippen LogP contribution in [0.1, 0.15) is 53.4 Å². The molecule has 2 atom stereocenters. The maximum atomic E-state index is 11.4. The lowest BCUT2D eigenvalue weighted by Gasteiger charge is -2.44. The third-order valence-electron chi connectivity index (χ3n) is 5.07. The highest BCUT2D eigenvalue weighted by atomic mass is 16.4. The molecule has 1 aliphatic carbocycles. The fourth-order valence-corrected chi connectivity index (χ4v) is 3.98. The first-order valence-electron chi connectivity index (χ1n) is 11.8. The van der Waals surface area contributed by atoms with Crippen LogP contribution in [-0.4, -0.2) is 128 Å². The molecule has 5 N–H and O–H groups in total. The summed E-state index contributed by atoms with van der Waals surface area (Å²) >= 11 is 0. The molecule has 1 saturated carbocycles. The second-order valence-electron chi connectivity index (χ2n) is 7.47. The third-order valence-corrected chi connectivity index (χ3v) is 5.07. The molecule has 0 saturated heterocycles. The molecule has 0 heterocycles. The molecule has 1 aliphatic rings. The Kier molecular flexibility index (Phi) is 19.2. The summed E-state index contributed by atoms with van der Waals surface area (Å²) in [5, 5.41) is 45.7. The van der Waals surface area contributed by atoms with Crippen molar-refractivity contribution >= 4 is 29.8 Å². The van der Waals surface area contributed by atoms with E-state index in [1.54, 1.807) is 4.90 Å². The average molecular weight is 508 g/mol. The van der Waals surface area contributed by atoms with Gasteiger partial charge in [0.25, 0.3) is 0 Å². The van der Waals surface area contributed by atoms with E-state index in [-0.39, 0.29) is 13.1 Å². The van der Waals surface area contributed by atoms with Crippen LogP contribution in [0.5, 0.6) is 0 Å². The predicted molar refractivity (Wildman–Crippen MR) is 127 cm³/mol. The van der Waals surface area contributed by atoms with Gasteiger partial charge >= 0.3 is 29.8 Å². The molecular formula is C22H41N3O10. The van der Waals surface area contributed by atoms with E-state index in [0.29, 0.717) is 12.8 Å². The zero-order chi connectivity index (χ0) is 27.6. The van der Waals surface area contributed by atoms with Gasteiger partial charge in [-0.1, -0.05) is 40.5 Å². The lowest BCUT2D eigenvalue weighted by Crippen LogP contribution is -2.57. The van der Waals surface area contributed by atoms with Crippen molar-refractivity contribution in [3.63, 3.8) is 0 Å². The second kappa shape index (κ2) is 19.5. The molecule has 35 heavy (non-hydrogen) atoms. The summed E-state index contributed by atoms with van der Waals surface area (Å²) in [4.78, 5) is 59.9. The van der Waals surface area contributed by atoms with E-state index < -0.39 is 74.7 Å². The third kappa shape index (κ3) is 15.7. The van der Waals surface area contributed by atoms with E-state index in [1.165, 1.54) is 4.90 Å². The molecule has 204 valence electrons. The monoisotopic (exact) mass is 507 g/mol. The minimum atomic E-state index is -1.23. The smallest absolute Gasteiger partial charge is 0.317 e. The van der Waals surface area contributed by atoms with E-state index in [4.69, 9.17) is 10.2 Å². The number of carbonyl (C=O) groups is 5. The lowest BCUT2D eigenvalue weighted by atomic mass is 9.87. The van der Waals surface area contributed by atoms with Crippen molar-refractivity contribution in [2.75, 3.05) is 45.8 Å². The van der Waals surface area contributed by atoms with Gasteiger partial charge in [0.2, 0.25) is 0 Å². The van der Waals surface area contributed by atoms with Gasteiger partial charge in [-0.15, -0.1) is 0 Å². The second-order valence-corrected chi connectivity index (χ2v) is 7.47. The first kappa shape index (κ1) is 34.4. The van der Waals surface area contributed by atoms with Gasteiger partial charge in [0.15, 0.2) is 0 Å². The van der Waals surface area contributed by atoms with Crippen LogP contribution < -0.4 is 0 Å². The number of aliphatic carboxylic acids is 5. The summed E-state index contributed by atoms with van der Waals surface area (Å²) in [5.41, 5.74) is 0. The van der Waals surface area contributed by atoms with Gasteiger partial charge < -0.3 is 25.5 Å². The van der Waals surface area contributed by atoms with E-state index in [2.05, 4.69) is 0 Å². The lowest BCUT2D eigenvalue weighted by molar-refractivity contribution is -0.146. The van der Waals surface area contributed by atoms with Gasteiger partial charge in [-0.3, -0.25) is 38.7 Å². The molecule has 0 aliphatic heterocycles. The number of nitrogens with zero attached hydrogens (tertiary/aromatic N) is 3. The van der Waals surface area contributed by atoms with Gasteiger partial charge in [0.1, 0.15) is 0 Å². The van der Waals surface area contributed by atoms with Crippen molar-refractivity contribution in [2.24, 2.45) is 0 Å². The van der Waals surface area contributed by atoms with Gasteiger partial charge in [-0.2, -0.15) is 0 Å². The topological polar surface area (TPSA) is 196 Å². The van der Waals surface area contributed by atoms with Crippen LogP contribution in [0.15, 0.2) is 0 Å². The predicted octanol–water partition coefficient (Wildman–Crippen LogP) is 0.679. The summed E-state index contributed by atoms with van der Waals surface area (Å²) < 4.78 is 0. The Hall–Kier alpha value is -2.77. The maximum Gasteiger partial charge on any atom is 0.317 e. The minimum Gasteiger partial charge on any atom is -0.480 e. The Morgan fingerprint density at radius 1 is 0.543 bits per heavy atom. The van der Waals surface area contributed by atoms with Crippen LogP contribution >= 0.6 is 0 Å². The molecule has 1 rings (SSSR count). The first-order valence-corrected chi connectivity index (χ1v) is 11.8. The molecule has 0 aromatic carbocycles. The Morgan fingerprint density at radius 2 is 0.857 bits per heavy atom. The van der Waals surface area contributed by atoms with Crippen molar-refractivity contribution in [3.8, 4) is 0 Å². The molecule has 0 amide bonds. The van der Waals surface area contributed by atoms with E-state index in [9.17, 15) is 39.3 Å². The first-order chi connectivity index (χ1) is 16.5. The zero-order valence-electron chi connectivity index (χ0n) is 21.1. The molecule has 2 unspecified atom stereocenters. The fourth-order valence-electron chi connectivity index (χ4n) is 3.98. The Bertz CT molecular complexity index is 642. The van der Waals surface area contributed by atoms with Crippen molar-refractivity contribution in [1.82, 2.24) is 14.7 Å². The van der Waals surface area contributed by atoms with Crippen molar-refractivity contribution in [2.45, 2.75) is 65.5 Å². The van der Waals surface area contributed by atoms with Crippen molar-refractivity contribution in [3.05, 3.63) is 0 Å². The van der Waals surface area contributed by atoms with Crippen molar-refractivity contribution < 1.29 is 49.5 Å². The van der Waals surface area contributed by atoms with Crippen LogP contribution in [0.3, 0.4) is 0 Å². The normalized spacial score (nSPS) is 17.1. The van der Waals surface area contributed by atoms with Gasteiger partial charge in [0.05, 0.1) is 32.7 Å². The molecule has 13 nitrogen and oxygen atoms in total. The number of hydrogen-bond donors (Lipinski definition) is 5. The fraction of sp³-hybridized carbons (Fsp3) is 0.773. The highest BCUT2D eigenvalue weighted by Crippen LogP contribution is 2.27. The molecule has 0 bridgehead atoms. The van der Waals surface area contributed by atoms with Crippen LogP contribution in [0, 0.1) is 0 Å². The number of carboxylic acids is 5.